The van der Waals surface area contributed by atoms with Crippen LogP contribution in [0.25, 0.3) is 16.9 Å². The van der Waals surface area contributed by atoms with Crippen LogP contribution in [0.3, 0.4) is 0 Å². The van der Waals surface area contributed by atoms with Gasteiger partial charge in [-0.25, -0.2) is 4.52 Å². The maximum absolute atomic E-state index is 10.0. The number of nitrogens with one attached hydrogen (secondary N) is 1. The van der Waals surface area contributed by atoms with E-state index in [0.29, 0.717) is 11.5 Å². The van der Waals surface area contributed by atoms with Crippen molar-refractivity contribution in [3.05, 3.63) is 47.8 Å². The molecule has 3 heterocycles. The Hall–Kier alpha value is -2.91. The number of rotatable bonds is 4. The van der Waals surface area contributed by atoms with Crippen molar-refractivity contribution in [2.24, 2.45) is 0 Å². The highest BCUT2D eigenvalue weighted by molar-refractivity contribution is 5.69. The van der Waals surface area contributed by atoms with E-state index in [1.807, 2.05) is 31.3 Å². The first-order chi connectivity index (χ1) is 12.9. The Morgan fingerprint density at radius 2 is 2.07 bits per heavy atom. The first-order valence-corrected chi connectivity index (χ1v) is 9.23. The van der Waals surface area contributed by atoms with Crippen molar-refractivity contribution in [3.8, 4) is 17.5 Å². The molecule has 0 aliphatic heterocycles. The van der Waals surface area contributed by atoms with E-state index in [4.69, 9.17) is 5.26 Å². The molecular weight excluding hydrogens is 338 g/mol. The Morgan fingerprint density at radius 1 is 1.30 bits per heavy atom. The van der Waals surface area contributed by atoms with Crippen molar-refractivity contribution in [1.29, 1.82) is 5.26 Å². The van der Waals surface area contributed by atoms with Crippen LogP contribution in [-0.4, -0.2) is 31.3 Å². The van der Waals surface area contributed by atoms with Gasteiger partial charge in [-0.3, -0.25) is 4.98 Å². The van der Waals surface area contributed by atoms with Crippen LogP contribution in [0.2, 0.25) is 0 Å². The Kier molecular flexibility index (Phi) is 4.12. The molecule has 4 rings (SSSR count). The summed E-state index contributed by atoms with van der Waals surface area (Å²) in [5, 5.41) is 27.0. The van der Waals surface area contributed by atoms with Gasteiger partial charge in [-0.05, 0) is 55.5 Å². The number of hydrogen-bond donors (Lipinski definition) is 2. The van der Waals surface area contributed by atoms with Crippen LogP contribution in [0, 0.1) is 11.3 Å². The van der Waals surface area contributed by atoms with Gasteiger partial charge in [-0.1, -0.05) is 13.8 Å². The number of pyridine rings is 1. The molecule has 27 heavy (non-hydrogen) atoms. The second-order valence-electron chi connectivity index (χ2n) is 7.97. The Balaban J connectivity index is 1.71. The maximum Gasteiger partial charge on any atom is 0.101 e. The predicted octanol–water partition coefficient (Wildman–Crippen LogP) is 3.72. The average molecular weight is 361 g/mol. The zero-order valence-electron chi connectivity index (χ0n) is 15.8. The number of anilines is 1. The summed E-state index contributed by atoms with van der Waals surface area (Å²) in [6.45, 7) is 6.17. The van der Waals surface area contributed by atoms with Gasteiger partial charge < -0.3 is 10.4 Å². The average Bonchev–Trinajstić information content (AvgIpc) is 3.02. The summed E-state index contributed by atoms with van der Waals surface area (Å²) in [6, 6.07) is 10.2. The minimum absolute atomic E-state index is 0.271. The quantitative estimate of drug-likeness (QED) is 0.740. The molecule has 3 aromatic rings. The van der Waals surface area contributed by atoms with Crippen LogP contribution < -0.4 is 5.32 Å². The smallest absolute Gasteiger partial charge is 0.101 e. The lowest BCUT2D eigenvalue weighted by Crippen LogP contribution is -2.48. The monoisotopic (exact) mass is 361 g/mol. The van der Waals surface area contributed by atoms with E-state index in [1.165, 1.54) is 0 Å². The molecule has 0 bridgehead atoms. The molecule has 1 aliphatic carbocycles. The highest BCUT2D eigenvalue weighted by Crippen LogP contribution is 2.36. The molecule has 0 saturated heterocycles. The van der Waals surface area contributed by atoms with Gasteiger partial charge in [-0.15, -0.1) is 0 Å². The molecule has 1 fully saturated rings. The van der Waals surface area contributed by atoms with E-state index >= 15 is 0 Å². The standard InChI is InChI=1S/C21H23N5O/c1-13(2)17-12-23-19(7-18(17)25-15-8-21(3,27)9-15)20-5-4-16-6-14(10-22)11-24-26(16)20/h4-7,11-13,15,27H,8-9H2,1-3H3,(H,23,25). The van der Waals surface area contributed by atoms with Crippen molar-refractivity contribution >= 4 is 11.2 Å². The molecule has 0 atom stereocenters. The molecule has 0 unspecified atom stereocenters. The van der Waals surface area contributed by atoms with Gasteiger partial charge in [0.05, 0.1) is 34.3 Å². The van der Waals surface area contributed by atoms with Gasteiger partial charge in [0, 0.05) is 17.9 Å². The third kappa shape index (κ3) is 3.26. The van der Waals surface area contributed by atoms with Crippen molar-refractivity contribution in [2.45, 2.75) is 51.2 Å². The molecule has 138 valence electrons. The van der Waals surface area contributed by atoms with Gasteiger partial charge in [0.25, 0.3) is 0 Å². The first-order valence-electron chi connectivity index (χ1n) is 9.23. The topological polar surface area (TPSA) is 86.2 Å². The Bertz CT molecular complexity index is 1040. The fourth-order valence-corrected chi connectivity index (χ4v) is 3.77. The minimum atomic E-state index is -0.564. The molecular formula is C21H23N5O. The molecule has 1 saturated carbocycles. The number of fused-ring (bicyclic) bond motifs is 1. The van der Waals surface area contributed by atoms with Crippen LogP contribution in [0.5, 0.6) is 0 Å². The summed E-state index contributed by atoms with van der Waals surface area (Å²) < 4.78 is 1.80. The van der Waals surface area contributed by atoms with Gasteiger partial charge in [0.15, 0.2) is 0 Å². The second-order valence-corrected chi connectivity index (χ2v) is 7.97. The number of aliphatic hydroxyl groups is 1. The van der Waals surface area contributed by atoms with Gasteiger partial charge >= 0.3 is 0 Å². The second kappa shape index (κ2) is 6.36. The Labute approximate surface area is 158 Å². The minimum Gasteiger partial charge on any atom is -0.390 e. The largest absolute Gasteiger partial charge is 0.390 e. The van der Waals surface area contributed by atoms with Crippen LogP contribution in [-0.2, 0) is 0 Å². The normalized spacial score (nSPS) is 21.9. The molecule has 0 spiro atoms. The highest BCUT2D eigenvalue weighted by Gasteiger charge is 2.38. The highest BCUT2D eigenvalue weighted by atomic mass is 16.3. The van der Waals surface area contributed by atoms with Crippen LogP contribution in [0.1, 0.15) is 50.7 Å². The van der Waals surface area contributed by atoms with Crippen LogP contribution in [0.15, 0.2) is 36.7 Å². The summed E-state index contributed by atoms with van der Waals surface area (Å²) in [5.74, 6) is 0.343. The van der Waals surface area contributed by atoms with E-state index in [2.05, 4.69) is 41.4 Å². The molecule has 1 aliphatic rings. The fraction of sp³-hybridized carbons (Fsp3) is 0.381. The third-order valence-corrected chi connectivity index (χ3v) is 5.18. The molecule has 0 aromatic carbocycles. The molecule has 3 aromatic heterocycles. The number of nitriles is 1. The first kappa shape index (κ1) is 17.5. The van der Waals surface area contributed by atoms with Crippen LogP contribution >= 0.6 is 0 Å². The van der Waals surface area contributed by atoms with Gasteiger partial charge in [0.1, 0.15) is 6.07 Å². The SMILES string of the molecule is CC(C)c1cnc(-c2ccc3cc(C#N)cnn23)cc1NC1CC(C)(O)C1. The van der Waals surface area contributed by atoms with Crippen molar-refractivity contribution in [2.75, 3.05) is 5.32 Å². The third-order valence-electron chi connectivity index (χ3n) is 5.18. The summed E-state index contributed by atoms with van der Waals surface area (Å²) in [5.41, 5.74) is 4.76. The van der Waals surface area contributed by atoms with Crippen molar-refractivity contribution in [3.63, 3.8) is 0 Å². The van der Waals surface area contributed by atoms with E-state index in [9.17, 15) is 5.11 Å². The van der Waals surface area contributed by atoms with E-state index in [0.717, 1.165) is 41.0 Å². The van der Waals surface area contributed by atoms with Gasteiger partial charge in [-0.2, -0.15) is 10.4 Å². The van der Waals surface area contributed by atoms with E-state index in [1.54, 1.807) is 10.7 Å². The number of nitrogens with zero attached hydrogens (tertiary/aromatic N) is 4. The molecule has 6 nitrogen and oxygen atoms in total. The number of aromatic nitrogens is 3. The maximum atomic E-state index is 10.0. The summed E-state index contributed by atoms with van der Waals surface area (Å²) >= 11 is 0. The Morgan fingerprint density at radius 3 is 2.74 bits per heavy atom. The van der Waals surface area contributed by atoms with Gasteiger partial charge in [0.2, 0.25) is 0 Å². The lowest BCUT2D eigenvalue weighted by Gasteiger charge is -2.42. The van der Waals surface area contributed by atoms with Crippen LogP contribution in [0.4, 0.5) is 5.69 Å². The molecule has 0 amide bonds. The zero-order valence-corrected chi connectivity index (χ0v) is 15.8. The summed E-state index contributed by atoms with van der Waals surface area (Å²) in [4.78, 5) is 4.66. The molecule has 0 radical (unpaired) electrons. The van der Waals surface area contributed by atoms with Crippen molar-refractivity contribution in [1.82, 2.24) is 14.6 Å². The number of hydrogen-bond acceptors (Lipinski definition) is 5. The predicted molar refractivity (Wildman–Crippen MR) is 104 cm³/mol. The summed E-state index contributed by atoms with van der Waals surface area (Å²) in [6.07, 6.45) is 4.97. The lowest BCUT2D eigenvalue weighted by atomic mass is 9.77. The molecule has 6 heteroatoms. The lowest BCUT2D eigenvalue weighted by molar-refractivity contribution is -0.0234. The van der Waals surface area contributed by atoms with Crippen molar-refractivity contribution < 1.29 is 5.11 Å². The van der Waals surface area contributed by atoms with E-state index in [-0.39, 0.29) is 6.04 Å². The molecule has 2 N–H and O–H groups in total. The summed E-state index contributed by atoms with van der Waals surface area (Å²) in [7, 11) is 0. The van der Waals surface area contributed by atoms with E-state index < -0.39 is 5.60 Å². The fourth-order valence-electron chi connectivity index (χ4n) is 3.77. The zero-order chi connectivity index (χ0) is 19.2.